The Morgan fingerprint density at radius 2 is 0.583 bits per heavy atom. The van der Waals surface area contributed by atoms with E-state index in [1.54, 1.807) is 0 Å². The van der Waals surface area contributed by atoms with Gasteiger partial charge in [-0.3, -0.25) is 0 Å². The molecule has 7 aliphatic heterocycles. The quantitative estimate of drug-likeness (QED) is 0.122. The summed E-state index contributed by atoms with van der Waals surface area (Å²) in [6, 6.07) is 2.48. The standard InChI is InChI=1S/2C9H17N.3C8H16N2.5C2H6/c2*1-2-4-9-7-10-6-5-8(9)3-1;1-2-7-6-9-5-3-8(7)10-4-1;1-2-7-3-5-9-6-8(7)10-4-1;1-2-4-8-7(3-1)5-9-6-10-8;5*1-2/h2*8-10H,1-7H2;3*7-10H,1-6H2;5*1-2H3. The lowest BCUT2D eigenvalue weighted by atomic mass is 9.76. The molecular formula is C52H112N8. The average molecular weight is 850 g/mol. The molecule has 0 amide bonds. The van der Waals surface area contributed by atoms with Crippen LogP contribution in [0.4, 0.5) is 0 Å². The van der Waals surface area contributed by atoms with Crippen molar-refractivity contribution in [2.24, 2.45) is 41.4 Å². The monoisotopic (exact) mass is 849 g/mol. The maximum absolute atomic E-state index is 3.58. The number of hydrogen-bond acceptors (Lipinski definition) is 8. The van der Waals surface area contributed by atoms with Gasteiger partial charge in [-0.25, -0.2) is 0 Å². The van der Waals surface area contributed by atoms with E-state index in [9.17, 15) is 0 Å². The second kappa shape index (κ2) is 40.2. The summed E-state index contributed by atoms with van der Waals surface area (Å²) in [7, 11) is 0. The summed E-state index contributed by atoms with van der Waals surface area (Å²) in [4.78, 5) is 0. The summed E-state index contributed by atoms with van der Waals surface area (Å²) in [5.41, 5.74) is 0. The smallest absolute Gasteiger partial charge is 0.0456 e. The molecule has 60 heavy (non-hydrogen) atoms. The first-order valence-electron chi connectivity index (χ1n) is 27.6. The van der Waals surface area contributed by atoms with Gasteiger partial charge in [-0.15, -0.1) is 0 Å². The minimum Gasteiger partial charge on any atom is -0.316 e. The Balaban J connectivity index is 0.000000356. The fraction of sp³-hybridized carbons (Fsp3) is 1.00. The topological polar surface area (TPSA) is 96.2 Å². The van der Waals surface area contributed by atoms with E-state index >= 15 is 0 Å². The zero-order valence-electron chi connectivity index (χ0n) is 42.4. The first-order chi connectivity index (χ1) is 29.8. The van der Waals surface area contributed by atoms with Gasteiger partial charge in [0.25, 0.3) is 0 Å². The van der Waals surface area contributed by atoms with E-state index in [0.29, 0.717) is 0 Å². The Kier molecular flexibility index (Phi) is 38.7. The van der Waals surface area contributed by atoms with E-state index in [4.69, 9.17) is 0 Å². The van der Waals surface area contributed by atoms with Crippen LogP contribution in [0.2, 0.25) is 0 Å². The highest BCUT2D eigenvalue weighted by Gasteiger charge is 2.30. The first kappa shape index (κ1) is 57.7. The molecule has 7 heterocycles. The van der Waals surface area contributed by atoms with Crippen molar-refractivity contribution in [1.29, 1.82) is 0 Å². The summed E-state index contributed by atoms with van der Waals surface area (Å²) in [5.74, 6) is 7.12. The van der Waals surface area contributed by atoms with Crippen LogP contribution >= 0.6 is 0 Å². The largest absolute Gasteiger partial charge is 0.316 e. The van der Waals surface area contributed by atoms with Crippen LogP contribution in [0.3, 0.4) is 0 Å². The van der Waals surface area contributed by atoms with Crippen LogP contribution in [0.25, 0.3) is 0 Å². The van der Waals surface area contributed by atoms with E-state index in [2.05, 4.69) is 42.5 Å². The van der Waals surface area contributed by atoms with E-state index in [-0.39, 0.29) is 0 Å². The summed E-state index contributed by atoms with van der Waals surface area (Å²) >= 11 is 0. The van der Waals surface area contributed by atoms with Gasteiger partial charge in [0.15, 0.2) is 0 Å². The third-order valence-corrected chi connectivity index (χ3v) is 14.7. The van der Waals surface area contributed by atoms with E-state index in [1.807, 2.05) is 69.2 Å². The zero-order valence-corrected chi connectivity index (χ0v) is 42.4. The van der Waals surface area contributed by atoms with Crippen molar-refractivity contribution in [3.8, 4) is 0 Å². The molecule has 3 saturated carbocycles. The van der Waals surface area contributed by atoms with Crippen molar-refractivity contribution in [3.05, 3.63) is 0 Å². The van der Waals surface area contributed by atoms with Gasteiger partial charge in [0.1, 0.15) is 0 Å². The normalized spacial score (nSPS) is 34.5. The van der Waals surface area contributed by atoms with Gasteiger partial charge in [-0.1, -0.05) is 121 Å². The van der Waals surface area contributed by atoms with E-state index in [0.717, 1.165) is 66.2 Å². The molecular weight excluding hydrogens is 737 g/mol. The van der Waals surface area contributed by atoms with E-state index < -0.39 is 0 Å². The zero-order chi connectivity index (χ0) is 44.1. The van der Waals surface area contributed by atoms with Crippen LogP contribution in [-0.4, -0.2) is 96.8 Å². The molecule has 8 nitrogen and oxygen atoms in total. The minimum absolute atomic E-state index is 0.794. The second-order valence-electron chi connectivity index (χ2n) is 18.0. The molecule has 0 aromatic rings. The number of rotatable bonds is 0. The Morgan fingerprint density at radius 3 is 1.08 bits per heavy atom. The first-order valence-corrected chi connectivity index (χ1v) is 27.6. The van der Waals surface area contributed by atoms with Gasteiger partial charge in [0.2, 0.25) is 0 Å². The maximum atomic E-state index is 3.58. The van der Waals surface area contributed by atoms with Crippen molar-refractivity contribution in [3.63, 3.8) is 0 Å². The highest BCUT2D eigenvalue weighted by Crippen LogP contribution is 2.34. The fourth-order valence-corrected chi connectivity index (χ4v) is 11.5. The van der Waals surface area contributed by atoms with Crippen LogP contribution in [0.5, 0.6) is 0 Å². The molecule has 8 N–H and O–H groups in total. The van der Waals surface area contributed by atoms with Gasteiger partial charge < -0.3 is 42.5 Å². The van der Waals surface area contributed by atoms with E-state index in [1.165, 1.54) is 200 Å². The summed E-state index contributed by atoms with van der Waals surface area (Å²) in [6.45, 7) is 34.8. The molecule has 360 valence electrons. The average Bonchev–Trinajstić information content (AvgIpc) is 3.38. The van der Waals surface area contributed by atoms with Crippen molar-refractivity contribution in [1.82, 2.24) is 42.5 Å². The molecule has 10 aliphatic rings. The molecule has 8 heteroatoms. The summed E-state index contributed by atoms with van der Waals surface area (Å²) in [5, 5.41) is 27.9. The van der Waals surface area contributed by atoms with Gasteiger partial charge in [-0.05, 0) is 177 Å². The molecule has 10 unspecified atom stereocenters. The van der Waals surface area contributed by atoms with Crippen molar-refractivity contribution in [2.75, 3.05) is 78.7 Å². The van der Waals surface area contributed by atoms with Crippen LogP contribution in [-0.2, 0) is 0 Å². The molecule has 0 aromatic heterocycles. The van der Waals surface area contributed by atoms with Gasteiger partial charge >= 0.3 is 0 Å². The number of nitrogens with one attached hydrogen (secondary N) is 8. The second-order valence-corrected chi connectivity index (χ2v) is 18.0. The van der Waals surface area contributed by atoms with Gasteiger partial charge in [-0.2, -0.15) is 0 Å². The molecule has 0 spiro atoms. The molecule has 7 saturated heterocycles. The molecule has 0 aromatic carbocycles. The Labute approximate surface area is 377 Å². The minimum atomic E-state index is 0.794. The highest BCUT2D eigenvalue weighted by atomic mass is 15.1. The van der Waals surface area contributed by atoms with Gasteiger partial charge in [0, 0.05) is 37.9 Å². The van der Waals surface area contributed by atoms with Crippen LogP contribution in [0.1, 0.15) is 198 Å². The maximum Gasteiger partial charge on any atom is 0.0456 e. The van der Waals surface area contributed by atoms with Crippen LogP contribution in [0.15, 0.2) is 0 Å². The SMILES string of the molecule is C1CCC2CNCCC2C1.C1CCC2CNCCC2C1.C1CCC2NCNCC2C1.C1CNC2CCNCC2C1.C1CNC2CNCCC2C1.CC.CC.CC.CC.CC. The number of piperidine rings is 6. The van der Waals surface area contributed by atoms with Crippen LogP contribution < -0.4 is 42.5 Å². The molecule has 3 aliphatic carbocycles. The fourth-order valence-electron chi connectivity index (χ4n) is 11.5. The number of hydrogen-bond donors (Lipinski definition) is 8. The highest BCUT2D eigenvalue weighted by molar-refractivity contribution is 4.88. The lowest BCUT2D eigenvalue weighted by Gasteiger charge is -2.36. The lowest BCUT2D eigenvalue weighted by molar-refractivity contribution is 0.185. The van der Waals surface area contributed by atoms with Crippen molar-refractivity contribution in [2.45, 2.75) is 216 Å². The molecule has 0 bridgehead atoms. The predicted octanol–water partition coefficient (Wildman–Crippen LogP) is 10.1. The lowest BCUT2D eigenvalue weighted by Crippen LogP contribution is -2.52. The predicted molar refractivity (Wildman–Crippen MR) is 268 cm³/mol. The summed E-state index contributed by atoms with van der Waals surface area (Å²) < 4.78 is 0. The Hall–Kier alpha value is -0.320. The van der Waals surface area contributed by atoms with Crippen molar-refractivity contribution >= 4 is 0 Å². The third-order valence-electron chi connectivity index (χ3n) is 14.7. The Bertz CT molecular complexity index is 600. The summed E-state index contributed by atoms with van der Waals surface area (Å²) in [6.07, 6.45) is 29.0. The van der Waals surface area contributed by atoms with Crippen LogP contribution in [0, 0.1) is 41.4 Å². The number of fused-ring (bicyclic) bond motifs is 5. The molecule has 10 rings (SSSR count). The molecule has 10 fully saturated rings. The molecule has 0 radical (unpaired) electrons. The molecule has 10 atom stereocenters. The van der Waals surface area contributed by atoms with Gasteiger partial charge in [0.05, 0.1) is 0 Å². The Morgan fingerprint density at radius 1 is 0.233 bits per heavy atom. The van der Waals surface area contributed by atoms with Crippen molar-refractivity contribution < 1.29 is 0 Å². The third kappa shape index (κ3) is 23.0.